The van der Waals surface area contributed by atoms with Gasteiger partial charge in [-0.2, -0.15) is 5.10 Å². The molecule has 0 saturated carbocycles. The maximum absolute atomic E-state index is 11.9. The molecule has 0 unspecified atom stereocenters. The summed E-state index contributed by atoms with van der Waals surface area (Å²) in [4.78, 5) is 17.2. The smallest absolute Gasteiger partial charge is 0.231 e. The maximum atomic E-state index is 11.9. The third-order valence-electron chi connectivity index (χ3n) is 3.00. The topological polar surface area (TPSA) is 75.1 Å². The van der Waals surface area contributed by atoms with Gasteiger partial charge in [0.25, 0.3) is 0 Å². The summed E-state index contributed by atoms with van der Waals surface area (Å²) < 4.78 is 1.91. The highest BCUT2D eigenvalue weighted by molar-refractivity contribution is 7.15. The van der Waals surface area contributed by atoms with Crippen molar-refractivity contribution >= 4 is 28.0 Å². The molecule has 3 rings (SSSR count). The lowest BCUT2D eigenvalue weighted by Gasteiger charge is -2.01. The van der Waals surface area contributed by atoms with Gasteiger partial charge in [-0.25, -0.2) is 4.98 Å². The molecule has 1 amide bonds. The molecule has 0 aliphatic heterocycles. The van der Waals surface area contributed by atoms with Crippen LogP contribution in [-0.4, -0.2) is 25.5 Å². The first kappa shape index (κ1) is 11.9. The fourth-order valence-electron chi connectivity index (χ4n) is 1.81. The minimum atomic E-state index is -0.111. The zero-order valence-electron chi connectivity index (χ0n) is 10.6. The number of thiazole rings is 1. The van der Waals surface area contributed by atoms with E-state index in [1.165, 1.54) is 0 Å². The van der Waals surface area contributed by atoms with Crippen LogP contribution in [0.2, 0.25) is 0 Å². The number of rotatable bonds is 3. The first-order valence-electron chi connectivity index (χ1n) is 5.86. The largest absolute Gasteiger partial charge is 0.309 e. The molecule has 0 saturated heterocycles. The summed E-state index contributed by atoms with van der Waals surface area (Å²) in [5, 5.41) is 11.6. The van der Waals surface area contributed by atoms with Crippen LogP contribution in [-0.2, 0) is 11.2 Å². The van der Waals surface area contributed by atoms with Gasteiger partial charge in [0.05, 0.1) is 12.1 Å². The molecular weight excluding hydrogens is 262 g/mol. The molecule has 3 aromatic heterocycles. The molecule has 0 aliphatic carbocycles. The van der Waals surface area contributed by atoms with Gasteiger partial charge in [-0.3, -0.25) is 14.3 Å². The number of aromatic nitrogens is 4. The van der Waals surface area contributed by atoms with E-state index in [9.17, 15) is 4.79 Å². The van der Waals surface area contributed by atoms with Crippen LogP contribution in [0.25, 0.3) is 4.96 Å². The Kier molecular flexibility index (Phi) is 2.83. The minimum Gasteiger partial charge on any atom is -0.309 e. The van der Waals surface area contributed by atoms with Crippen LogP contribution < -0.4 is 5.32 Å². The number of hydrogen-bond donors (Lipinski definition) is 2. The quantitative estimate of drug-likeness (QED) is 0.766. The molecule has 0 aliphatic rings. The number of hydrogen-bond acceptors (Lipinski definition) is 4. The average molecular weight is 275 g/mol. The van der Waals surface area contributed by atoms with Crippen LogP contribution in [0.5, 0.6) is 0 Å². The second kappa shape index (κ2) is 4.51. The monoisotopic (exact) mass is 275 g/mol. The highest BCUT2D eigenvalue weighted by Gasteiger charge is 2.12. The molecule has 19 heavy (non-hydrogen) atoms. The number of H-pyrrole nitrogens is 1. The summed E-state index contributed by atoms with van der Waals surface area (Å²) in [6, 6.07) is 0. The number of nitrogens with zero attached hydrogens (tertiary/aromatic N) is 3. The second-order valence-corrected chi connectivity index (χ2v) is 5.25. The maximum Gasteiger partial charge on any atom is 0.231 e. The third kappa shape index (κ3) is 2.24. The molecule has 0 atom stereocenters. The number of imidazole rings is 1. The normalized spacial score (nSPS) is 11.1. The van der Waals surface area contributed by atoms with E-state index in [1.807, 2.05) is 36.0 Å². The molecule has 0 radical (unpaired) electrons. The number of carbonyl (C=O) groups excluding carboxylic acids is 1. The Bertz CT molecular complexity index is 710. The van der Waals surface area contributed by atoms with Crippen molar-refractivity contribution in [1.82, 2.24) is 19.6 Å². The molecule has 7 heteroatoms. The zero-order chi connectivity index (χ0) is 13.4. The second-order valence-electron chi connectivity index (χ2n) is 4.37. The highest BCUT2D eigenvalue weighted by Crippen LogP contribution is 2.15. The van der Waals surface area contributed by atoms with Gasteiger partial charge in [-0.15, -0.1) is 11.3 Å². The molecule has 2 N–H and O–H groups in total. The minimum absolute atomic E-state index is 0.111. The number of amides is 1. The van der Waals surface area contributed by atoms with Gasteiger partial charge in [0, 0.05) is 29.0 Å². The Balaban J connectivity index is 1.71. The number of anilines is 1. The molecule has 0 aromatic carbocycles. The van der Waals surface area contributed by atoms with Crippen molar-refractivity contribution in [2.24, 2.45) is 0 Å². The van der Waals surface area contributed by atoms with Gasteiger partial charge in [-0.05, 0) is 13.8 Å². The fourth-order valence-corrected chi connectivity index (χ4v) is 2.53. The Labute approximate surface area is 113 Å². The number of nitrogens with one attached hydrogen (secondary N) is 2. The molecule has 6 nitrogen and oxygen atoms in total. The Morgan fingerprint density at radius 2 is 2.37 bits per heavy atom. The summed E-state index contributed by atoms with van der Waals surface area (Å²) in [7, 11) is 0. The van der Waals surface area contributed by atoms with E-state index in [-0.39, 0.29) is 12.3 Å². The van der Waals surface area contributed by atoms with Crippen LogP contribution in [0.15, 0.2) is 17.8 Å². The summed E-state index contributed by atoms with van der Waals surface area (Å²) in [6.45, 7) is 3.84. The lowest BCUT2D eigenvalue weighted by atomic mass is 10.2. The van der Waals surface area contributed by atoms with Crippen molar-refractivity contribution in [2.45, 2.75) is 20.3 Å². The van der Waals surface area contributed by atoms with Gasteiger partial charge in [0.1, 0.15) is 0 Å². The summed E-state index contributed by atoms with van der Waals surface area (Å²) in [5.41, 5.74) is 2.67. The SMILES string of the molecule is Cc1[nH]nc(NC(=O)Cc2cn3ccsc3n2)c1C. The number of fused-ring (bicyclic) bond motifs is 1. The average Bonchev–Trinajstić information content (AvgIpc) is 3.00. The van der Waals surface area contributed by atoms with E-state index >= 15 is 0 Å². The van der Waals surface area contributed by atoms with E-state index < -0.39 is 0 Å². The predicted molar refractivity (Wildman–Crippen MR) is 73.5 cm³/mol. The molecule has 98 valence electrons. The van der Waals surface area contributed by atoms with Gasteiger partial charge in [-0.1, -0.05) is 0 Å². The van der Waals surface area contributed by atoms with E-state index in [0.717, 1.165) is 21.9 Å². The molecule has 0 spiro atoms. The first-order chi connectivity index (χ1) is 9.13. The van der Waals surface area contributed by atoms with Crippen LogP contribution in [0.3, 0.4) is 0 Å². The van der Waals surface area contributed by atoms with Gasteiger partial charge in [0.2, 0.25) is 5.91 Å². The highest BCUT2D eigenvalue weighted by atomic mass is 32.1. The lowest BCUT2D eigenvalue weighted by Crippen LogP contribution is -2.15. The number of aryl methyl sites for hydroxylation is 1. The van der Waals surface area contributed by atoms with Crippen LogP contribution >= 0.6 is 11.3 Å². The standard InChI is InChI=1S/C12H13N5OS/c1-7-8(2)15-16-11(7)14-10(18)5-9-6-17-3-4-19-12(17)13-9/h3-4,6H,5H2,1-2H3,(H2,14,15,16,18). The first-order valence-corrected chi connectivity index (χ1v) is 6.74. The Morgan fingerprint density at radius 1 is 1.53 bits per heavy atom. The number of aromatic amines is 1. The van der Waals surface area contributed by atoms with Crippen molar-refractivity contribution in [1.29, 1.82) is 0 Å². The van der Waals surface area contributed by atoms with E-state index in [2.05, 4.69) is 20.5 Å². The van der Waals surface area contributed by atoms with Crippen molar-refractivity contribution in [3.8, 4) is 0 Å². The molecule has 0 bridgehead atoms. The Morgan fingerprint density at radius 3 is 3.05 bits per heavy atom. The van der Waals surface area contributed by atoms with Crippen molar-refractivity contribution < 1.29 is 4.79 Å². The van der Waals surface area contributed by atoms with E-state index in [4.69, 9.17) is 0 Å². The van der Waals surface area contributed by atoms with E-state index in [0.29, 0.717) is 5.82 Å². The van der Waals surface area contributed by atoms with E-state index in [1.54, 1.807) is 11.3 Å². The fraction of sp³-hybridized carbons (Fsp3) is 0.250. The summed E-state index contributed by atoms with van der Waals surface area (Å²) >= 11 is 1.55. The van der Waals surface area contributed by atoms with Crippen LogP contribution in [0.4, 0.5) is 5.82 Å². The van der Waals surface area contributed by atoms with Crippen LogP contribution in [0.1, 0.15) is 17.0 Å². The van der Waals surface area contributed by atoms with Gasteiger partial charge in [0.15, 0.2) is 10.8 Å². The predicted octanol–water partition coefficient (Wildman–Crippen LogP) is 1.92. The third-order valence-corrected chi connectivity index (χ3v) is 3.77. The lowest BCUT2D eigenvalue weighted by molar-refractivity contribution is -0.115. The van der Waals surface area contributed by atoms with Crippen molar-refractivity contribution in [3.63, 3.8) is 0 Å². The molecular formula is C12H13N5OS. The molecule has 3 aromatic rings. The Hall–Kier alpha value is -2.15. The van der Waals surface area contributed by atoms with Crippen LogP contribution in [0, 0.1) is 13.8 Å². The number of carbonyl (C=O) groups is 1. The molecule has 0 fully saturated rings. The summed E-state index contributed by atoms with van der Waals surface area (Å²) in [5.74, 6) is 0.476. The molecule has 3 heterocycles. The van der Waals surface area contributed by atoms with Gasteiger partial charge < -0.3 is 5.32 Å². The van der Waals surface area contributed by atoms with Gasteiger partial charge >= 0.3 is 0 Å². The van der Waals surface area contributed by atoms with Crippen molar-refractivity contribution in [2.75, 3.05) is 5.32 Å². The van der Waals surface area contributed by atoms with Crippen molar-refractivity contribution in [3.05, 3.63) is 34.7 Å². The summed E-state index contributed by atoms with van der Waals surface area (Å²) in [6.07, 6.45) is 4.05. The zero-order valence-corrected chi connectivity index (χ0v) is 11.4.